The van der Waals surface area contributed by atoms with Crippen molar-refractivity contribution in [1.82, 2.24) is 9.91 Å². The van der Waals surface area contributed by atoms with Gasteiger partial charge in [0.1, 0.15) is 5.71 Å². The van der Waals surface area contributed by atoms with E-state index in [-0.39, 0.29) is 41.9 Å². The molecular formula is C21H26N4O5S. The van der Waals surface area contributed by atoms with Crippen molar-refractivity contribution in [1.29, 1.82) is 0 Å². The number of carbonyl (C=O) groups excluding carboxylic acids is 3. The number of sulfone groups is 1. The van der Waals surface area contributed by atoms with E-state index < -0.39 is 21.8 Å². The van der Waals surface area contributed by atoms with Crippen molar-refractivity contribution in [3.63, 3.8) is 0 Å². The zero-order valence-electron chi connectivity index (χ0n) is 17.2. The summed E-state index contributed by atoms with van der Waals surface area (Å²) >= 11 is 0. The molecule has 0 aliphatic carbocycles. The van der Waals surface area contributed by atoms with E-state index in [1.54, 1.807) is 29.2 Å². The summed E-state index contributed by atoms with van der Waals surface area (Å²) in [6, 6.07) is 6.32. The summed E-state index contributed by atoms with van der Waals surface area (Å²) in [6.45, 7) is 1.41. The highest BCUT2D eigenvalue weighted by molar-refractivity contribution is 7.91. The van der Waals surface area contributed by atoms with Gasteiger partial charge in [0.2, 0.25) is 5.91 Å². The molecule has 3 amide bonds. The van der Waals surface area contributed by atoms with Gasteiger partial charge in [-0.2, -0.15) is 5.10 Å². The molecule has 2 saturated heterocycles. The van der Waals surface area contributed by atoms with Crippen LogP contribution in [-0.4, -0.2) is 72.4 Å². The molecule has 31 heavy (non-hydrogen) atoms. The fourth-order valence-corrected chi connectivity index (χ4v) is 5.92. The van der Waals surface area contributed by atoms with Crippen LogP contribution in [0.4, 0.5) is 5.69 Å². The molecule has 1 N–H and O–H groups in total. The van der Waals surface area contributed by atoms with E-state index in [0.717, 1.165) is 24.3 Å². The van der Waals surface area contributed by atoms with Crippen LogP contribution in [-0.2, 0) is 19.4 Å². The van der Waals surface area contributed by atoms with Crippen molar-refractivity contribution >= 4 is 39.0 Å². The summed E-state index contributed by atoms with van der Waals surface area (Å²) in [4.78, 5) is 39.9. The first kappa shape index (κ1) is 21.5. The van der Waals surface area contributed by atoms with Crippen LogP contribution in [0.15, 0.2) is 29.4 Å². The Morgan fingerprint density at radius 1 is 1.06 bits per heavy atom. The van der Waals surface area contributed by atoms with Gasteiger partial charge in [-0.3, -0.25) is 14.4 Å². The zero-order chi connectivity index (χ0) is 22.0. The molecule has 9 nitrogen and oxygen atoms in total. The summed E-state index contributed by atoms with van der Waals surface area (Å²) in [5.74, 6) is -1.000. The average molecular weight is 447 g/mol. The molecule has 0 aromatic heterocycles. The lowest BCUT2D eigenvalue weighted by molar-refractivity contribution is -0.133. The number of para-hydroxylation sites is 1. The minimum atomic E-state index is -3.19. The number of amides is 3. The third-order valence-electron chi connectivity index (χ3n) is 5.92. The van der Waals surface area contributed by atoms with Gasteiger partial charge in [-0.1, -0.05) is 12.1 Å². The Morgan fingerprint density at radius 2 is 1.81 bits per heavy atom. The number of rotatable bonds is 4. The smallest absolute Gasteiger partial charge is 0.271 e. The van der Waals surface area contributed by atoms with Gasteiger partial charge >= 0.3 is 0 Å². The summed E-state index contributed by atoms with van der Waals surface area (Å²) in [5, 5.41) is 8.13. The first-order valence-electron chi connectivity index (χ1n) is 10.6. The summed E-state index contributed by atoms with van der Waals surface area (Å²) in [5.41, 5.74) is 0.978. The Labute approximate surface area is 181 Å². The average Bonchev–Trinajstić information content (AvgIpc) is 3.14. The standard InChI is InChI=1S/C21H26N4O5S/c26-19-9-8-18(23-25(19)15-10-13-31(29,30)14-15)20(27)22-17-7-3-2-6-16(17)21(28)24-11-4-1-5-12-24/h2-3,6-7,15H,1,4-5,8-14H2,(H,22,27)/t15-/m1/s1. The Kier molecular flexibility index (Phi) is 6.08. The lowest BCUT2D eigenvalue weighted by Crippen LogP contribution is -2.42. The molecular weight excluding hydrogens is 420 g/mol. The molecule has 4 rings (SSSR count). The van der Waals surface area contributed by atoms with Crippen LogP contribution in [0.25, 0.3) is 0 Å². The number of hydrogen-bond acceptors (Lipinski definition) is 6. The van der Waals surface area contributed by atoms with Crippen LogP contribution >= 0.6 is 0 Å². The molecule has 0 radical (unpaired) electrons. The highest BCUT2D eigenvalue weighted by Crippen LogP contribution is 2.24. The minimum Gasteiger partial charge on any atom is -0.339 e. The molecule has 0 saturated carbocycles. The Bertz CT molecular complexity index is 1030. The van der Waals surface area contributed by atoms with Gasteiger partial charge in [0.05, 0.1) is 28.8 Å². The fourth-order valence-electron chi connectivity index (χ4n) is 4.23. The third kappa shape index (κ3) is 4.79. The molecule has 2 fully saturated rings. The van der Waals surface area contributed by atoms with E-state index in [1.165, 1.54) is 0 Å². The van der Waals surface area contributed by atoms with Gasteiger partial charge in [-0.15, -0.1) is 0 Å². The molecule has 3 aliphatic heterocycles. The van der Waals surface area contributed by atoms with Crippen LogP contribution in [0, 0.1) is 0 Å². The van der Waals surface area contributed by atoms with Crippen molar-refractivity contribution in [2.24, 2.45) is 5.10 Å². The molecule has 0 spiro atoms. The number of piperidine rings is 1. The van der Waals surface area contributed by atoms with Crippen molar-refractivity contribution in [3.05, 3.63) is 29.8 Å². The highest BCUT2D eigenvalue weighted by atomic mass is 32.2. The first-order chi connectivity index (χ1) is 14.8. The van der Waals surface area contributed by atoms with Crippen LogP contribution in [0.2, 0.25) is 0 Å². The van der Waals surface area contributed by atoms with E-state index in [0.29, 0.717) is 30.8 Å². The third-order valence-corrected chi connectivity index (χ3v) is 7.68. The number of likely N-dealkylation sites (tertiary alicyclic amines) is 1. The van der Waals surface area contributed by atoms with Crippen molar-refractivity contribution < 1.29 is 22.8 Å². The number of nitrogens with one attached hydrogen (secondary N) is 1. The Morgan fingerprint density at radius 3 is 2.52 bits per heavy atom. The van der Waals surface area contributed by atoms with Gasteiger partial charge in [0.25, 0.3) is 11.8 Å². The van der Waals surface area contributed by atoms with Gasteiger partial charge < -0.3 is 10.2 Å². The van der Waals surface area contributed by atoms with Crippen LogP contribution in [0.5, 0.6) is 0 Å². The Hall–Kier alpha value is -2.75. The molecule has 3 aliphatic rings. The lowest BCUT2D eigenvalue weighted by Gasteiger charge is -2.28. The molecule has 1 aromatic rings. The van der Waals surface area contributed by atoms with E-state index in [9.17, 15) is 22.8 Å². The number of nitrogens with zero attached hydrogens (tertiary/aromatic N) is 3. The molecule has 1 atom stereocenters. The second kappa shape index (κ2) is 8.78. The Balaban J connectivity index is 1.51. The van der Waals surface area contributed by atoms with Crippen LogP contribution in [0.3, 0.4) is 0 Å². The van der Waals surface area contributed by atoms with Gasteiger partial charge in [0, 0.05) is 25.9 Å². The molecule has 1 aromatic carbocycles. The second-order valence-electron chi connectivity index (χ2n) is 8.19. The number of anilines is 1. The predicted molar refractivity (Wildman–Crippen MR) is 115 cm³/mol. The number of benzene rings is 1. The van der Waals surface area contributed by atoms with E-state index in [4.69, 9.17) is 0 Å². The number of carbonyl (C=O) groups is 3. The highest BCUT2D eigenvalue weighted by Gasteiger charge is 2.37. The SMILES string of the molecule is O=C(Nc1ccccc1C(=O)N1CCCCC1)C1=NN([C@@H]2CCS(=O)(=O)C2)C(=O)CC1. The van der Waals surface area contributed by atoms with E-state index in [2.05, 4.69) is 10.4 Å². The number of hydrogen-bond donors (Lipinski definition) is 1. The normalized spacial score (nSPS) is 23.4. The molecule has 166 valence electrons. The number of hydrazone groups is 1. The van der Waals surface area contributed by atoms with Crippen molar-refractivity contribution in [2.45, 2.75) is 44.6 Å². The molecule has 10 heteroatoms. The zero-order valence-corrected chi connectivity index (χ0v) is 18.1. The first-order valence-corrected chi connectivity index (χ1v) is 12.5. The fraction of sp³-hybridized carbons (Fsp3) is 0.524. The molecule has 0 unspecified atom stereocenters. The monoisotopic (exact) mass is 446 g/mol. The lowest BCUT2D eigenvalue weighted by atomic mass is 10.1. The molecule has 0 bridgehead atoms. The quantitative estimate of drug-likeness (QED) is 0.751. The van der Waals surface area contributed by atoms with Gasteiger partial charge in [0.15, 0.2) is 9.84 Å². The van der Waals surface area contributed by atoms with Gasteiger partial charge in [-0.25, -0.2) is 13.4 Å². The maximum absolute atomic E-state index is 12.9. The maximum atomic E-state index is 12.9. The van der Waals surface area contributed by atoms with Gasteiger partial charge in [-0.05, 0) is 37.8 Å². The van der Waals surface area contributed by atoms with E-state index >= 15 is 0 Å². The summed E-state index contributed by atoms with van der Waals surface area (Å²) < 4.78 is 23.6. The van der Waals surface area contributed by atoms with Crippen LogP contribution in [0.1, 0.15) is 48.9 Å². The van der Waals surface area contributed by atoms with E-state index in [1.807, 2.05) is 0 Å². The molecule has 3 heterocycles. The minimum absolute atomic E-state index is 0.0183. The second-order valence-corrected chi connectivity index (χ2v) is 10.4. The maximum Gasteiger partial charge on any atom is 0.271 e. The summed E-state index contributed by atoms with van der Waals surface area (Å²) in [6.07, 6.45) is 3.63. The largest absolute Gasteiger partial charge is 0.339 e. The van der Waals surface area contributed by atoms with Crippen molar-refractivity contribution in [3.8, 4) is 0 Å². The predicted octanol–water partition coefficient (Wildman–Crippen LogP) is 1.42. The summed E-state index contributed by atoms with van der Waals surface area (Å²) in [7, 11) is -3.19. The van der Waals surface area contributed by atoms with Crippen LogP contribution < -0.4 is 5.32 Å². The topological polar surface area (TPSA) is 116 Å². The van der Waals surface area contributed by atoms with Crippen molar-refractivity contribution in [2.75, 3.05) is 29.9 Å².